The van der Waals surface area contributed by atoms with Gasteiger partial charge in [-0.1, -0.05) is 11.6 Å². The molecule has 0 radical (unpaired) electrons. The van der Waals surface area contributed by atoms with Crippen molar-refractivity contribution in [1.82, 2.24) is 0 Å². The molecule has 1 heterocycles. The quantitative estimate of drug-likeness (QED) is 0.413. The first kappa shape index (κ1) is 21.9. The van der Waals surface area contributed by atoms with E-state index in [9.17, 15) is 18.0 Å². The lowest BCUT2D eigenvalue weighted by atomic mass is 9.95. The summed E-state index contributed by atoms with van der Waals surface area (Å²) < 4.78 is 44.1. The second kappa shape index (κ2) is 8.89. The average Bonchev–Trinajstić information content (AvgIpc) is 3.00. The van der Waals surface area contributed by atoms with Crippen LogP contribution in [0.1, 0.15) is 46.1 Å². The van der Waals surface area contributed by atoms with Gasteiger partial charge in [0, 0.05) is 4.88 Å². The van der Waals surface area contributed by atoms with Gasteiger partial charge in [-0.25, -0.2) is 4.79 Å². The summed E-state index contributed by atoms with van der Waals surface area (Å²) in [5.41, 5.74) is 0.594. The Morgan fingerprint density at radius 3 is 2.69 bits per heavy atom. The van der Waals surface area contributed by atoms with Crippen LogP contribution in [-0.4, -0.2) is 17.7 Å². The lowest BCUT2D eigenvalue weighted by Crippen LogP contribution is -2.21. The summed E-state index contributed by atoms with van der Waals surface area (Å²) in [4.78, 5) is 13.6. The summed E-state index contributed by atoms with van der Waals surface area (Å²) in [6.45, 7) is 1.97. The Morgan fingerprint density at radius 1 is 1.28 bits per heavy atom. The van der Waals surface area contributed by atoms with Gasteiger partial charge in [0.2, 0.25) is 0 Å². The van der Waals surface area contributed by atoms with E-state index in [1.54, 1.807) is 6.92 Å². The Labute approximate surface area is 180 Å². The molecule has 0 aliphatic heterocycles. The van der Waals surface area contributed by atoms with Crippen LogP contribution in [-0.2, 0) is 23.8 Å². The number of nitrogens with one attached hydrogen (secondary N) is 2. The molecule has 1 aliphatic carbocycles. The molecule has 1 aliphatic rings. The minimum atomic E-state index is -4.50. The minimum absolute atomic E-state index is 0.0259. The number of thiophene rings is 1. The largest absolute Gasteiger partial charge is 0.462 e. The number of thiocarbonyl (C=S) groups is 1. The zero-order chi connectivity index (χ0) is 21.2. The normalized spacial score (nSPS) is 13.6. The van der Waals surface area contributed by atoms with Crippen LogP contribution in [0.15, 0.2) is 18.2 Å². The van der Waals surface area contributed by atoms with Crippen LogP contribution in [0, 0.1) is 0 Å². The van der Waals surface area contributed by atoms with Crippen molar-refractivity contribution in [2.24, 2.45) is 0 Å². The van der Waals surface area contributed by atoms with Crippen LogP contribution in [0.5, 0.6) is 0 Å². The number of carbonyl (C=O) groups is 1. The molecule has 0 amide bonds. The van der Waals surface area contributed by atoms with Crippen LogP contribution in [0.2, 0.25) is 5.02 Å². The molecule has 156 valence electrons. The fourth-order valence-corrected chi connectivity index (χ4v) is 4.85. The number of carbonyl (C=O) groups excluding carboxylic acids is 1. The number of ether oxygens (including phenoxy) is 1. The van der Waals surface area contributed by atoms with Gasteiger partial charge in [-0.15, -0.1) is 11.3 Å². The summed E-state index contributed by atoms with van der Waals surface area (Å²) in [6.07, 6.45) is -0.829. The number of esters is 1. The zero-order valence-electron chi connectivity index (χ0n) is 15.4. The molecule has 2 N–H and O–H groups in total. The monoisotopic (exact) mass is 462 g/mol. The topological polar surface area (TPSA) is 50.4 Å². The average molecular weight is 463 g/mol. The second-order valence-electron chi connectivity index (χ2n) is 6.41. The molecule has 4 nitrogen and oxygen atoms in total. The smallest absolute Gasteiger partial charge is 0.416 e. The molecule has 0 saturated carbocycles. The summed E-state index contributed by atoms with van der Waals surface area (Å²) in [7, 11) is 0. The third-order valence-electron chi connectivity index (χ3n) is 4.42. The van der Waals surface area contributed by atoms with Gasteiger partial charge in [0.25, 0.3) is 0 Å². The third-order valence-corrected chi connectivity index (χ3v) is 6.16. The standard InChI is InChI=1S/C19H18ClF3N2O2S2/c1-2-27-17(26)15-11-5-3-4-6-14(11)29-16(15)25-18(28)24-13-9-10(19(21,22)23)7-8-12(13)20/h7-9H,2-6H2,1H3,(H2,24,25,28). The van der Waals surface area contributed by atoms with Crippen LogP contribution < -0.4 is 10.6 Å². The van der Waals surface area contributed by atoms with E-state index < -0.39 is 17.7 Å². The van der Waals surface area contributed by atoms with Crippen molar-refractivity contribution in [2.45, 2.75) is 38.8 Å². The first-order chi connectivity index (χ1) is 13.7. The maximum absolute atomic E-state index is 13.0. The molecule has 29 heavy (non-hydrogen) atoms. The number of anilines is 2. The van der Waals surface area contributed by atoms with Crippen molar-refractivity contribution in [3.63, 3.8) is 0 Å². The predicted molar refractivity (Wildman–Crippen MR) is 113 cm³/mol. The van der Waals surface area contributed by atoms with Crippen LogP contribution in [0.3, 0.4) is 0 Å². The number of aryl methyl sites for hydroxylation is 1. The Balaban J connectivity index is 1.84. The molecule has 0 bridgehead atoms. The lowest BCUT2D eigenvalue weighted by molar-refractivity contribution is -0.137. The van der Waals surface area contributed by atoms with Gasteiger partial charge in [0.05, 0.1) is 28.4 Å². The van der Waals surface area contributed by atoms with Gasteiger partial charge >= 0.3 is 12.1 Å². The van der Waals surface area contributed by atoms with E-state index >= 15 is 0 Å². The Kier molecular flexibility index (Phi) is 6.70. The predicted octanol–water partition coefficient (Wildman–Crippen LogP) is 6.28. The molecular formula is C19H18ClF3N2O2S2. The molecule has 0 fully saturated rings. The van der Waals surface area contributed by atoms with Crippen LogP contribution in [0.25, 0.3) is 0 Å². The summed E-state index contributed by atoms with van der Waals surface area (Å²) in [6, 6.07) is 2.95. The van der Waals surface area contributed by atoms with E-state index in [4.69, 9.17) is 28.6 Å². The van der Waals surface area contributed by atoms with Crippen molar-refractivity contribution in [1.29, 1.82) is 0 Å². The number of benzene rings is 1. The van der Waals surface area contributed by atoms with E-state index in [-0.39, 0.29) is 22.4 Å². The van der Waals surface area contributed by atoms with Gasteiger partial charge in [-0.3, -0.25) is 0 Å². The van der Waals surface area contributed by atoms with E-state index in [1.165, 1.54) is 11.3 Å². The number of hydrogen-bond donors (Lipinski definition) is 2. The molecule has 0 unspecified atom stereocenters. The van der Waals surface area contributed by atoms with Gasteiger partial charge in [0.15, 0.2) is 5.11 Å². The SMILES string of the molecule is CCOC(=O)c1c(NC(=S)Nc2cc(C(F)(F)F)ccc2Cl)sc2c1CCCC2. The number of fused-ring (bicyclic) bond motifs is 1. The first-order valence-electron chi connectivity index (χ1n) is 8.97. The Hall–Kier alpha value is -1.84. The molecule has 1 aromatic carbocycles. The highest BCUT2D eigenvalue weighted by Crippen LogP contribution is 2.39. The molecule has 2 aromatic rings. The summed E-state index contributed by atoms with van der Waals surface area (Å²) >= 11 is 12.7. The maximum atomic E-state index is 13.0. The van der Waals surface area contributed by atoms with E-state index in [0.717, 1.165) is 54.3 Å². The highest BCUT2D eigenvalue weighted by Gasteiger charge is 2.31. The highest BCUT2D eigenvalue weighted by atomic mass is 35.5. The molecular weight excluding hydrogens is 445 g/mol. The minimum Gasteiger partial charge on any atom is -0.462 e. The number of rotatable bonds is 4. The highest BCUT2D eigenvalue weighted by molar-refractivity contribution is 7.80. The Morgan fingerprint density at radius 2 is 2.00 bits per heavy atom. The fourth-order valence-electron chi connectivity index (χ4n) is 3.13. The zero-order valence-corrected chi connectivity index (χ0v) is 17.8. The number of alkyl halides is 3. The molecule has 3 rings (SSSR count). The second-order valence-corrected chi connectivity index (χ2v) is 8.33. The van der Waals surface area contributed by atoms with Crippen molar-refractivity contribution in [3.8, 4) is 0 Å². The molecule has 10 heteroatoms. The molecule has 0 spiro atoms. The number of hydrogen-bond acceptors (Lipinski definition) is 4. The fraction of sp³-hybridized carbons (Fsp3) is 0.368. The number of halogens is 4. The lowest BCUT2D eigenvalue weighted by Gasteiger charge is -2.15. The van der Waals surface area contributed by atoms with Crippen molar-refractivity contribution < 1.29 is 22.7 Å². The van der Waals surface area contributed by atoms with Crippen molar-refractivity contribution in [2.75, 3.05) is 17.2 Å². The summed E-state index contributed by atoms with van der Waals surface area (Å²) in [5.74, 6) is -0.436. The maximum Gasteiger partial charge on any atom is 0.416 e. The molecule has 0 atom stereocenters. The van der Waals surface area contributed by atoms with Crippen molar-refractivity contribution >= 4 is 56.9 Å². The Bertz CT molecular complexity index is 944. The van der Waals surface area contributed by atoms with E-state index in [2.05, 4.69) is 10.6 Å². The third kappa shape index (κ3) is 5.02. The molecule has 0 saturated heterocycles. The van der Waals surface area contributed by atoms with Gasteiger partial charge in [-0.05, 0) is 68.6 Å². The van der Waals surface area contributed by atoms with Crippen molar-refractivity contribution in [3.05, 3.63) is 44.8 Å². The first-order valence-corrected chi connectivity index (χ1v) is 10.6. The van der Waals surface area contributed by atoms with Crippen LogP contribution >= 0.6 is 35.2 Å². The van der Waals surface area contributed by atoms with E-state index in [0.29, 0.717) is 10.6 Å². The summed E-state index contributed by atoms with van der Waals surface area (Å²) in [5, 5.41) is 6.29. The van der Waals surface area contributed by atoms with Crippen LogP contribution in [0.4, 0.5) is 23.9 Å². The van der Waals surface area contributed by atoms with E-state index in [1.807, 2.05) is 0 Å². The van der Waals surface area contributed by atoms with Gasteiger partial charge < -0.3 is 15.4 Å². The van der Waals surface area contributed by atoms with Gasteiger partial charge in [0.1, 0.15) is 5.00 Å². The molecule has 1 aromatic heterocycles. The van der Waals surface area contributed by atoms with Gasteiger partial charge in [-0.2, -0.15) is 13.2 Å².